The number of rotatable bonds is 5. The summed E-state index contributed by atoms with van der Waals surface area (Å²) in [5.41, 5.74) is 2.41. The van der Waals surface area contributed by atoms with Crippen molar-refractivity contribution in [3.05, 3.63) is 36.0 Å². The highest BCUT2D eigenvalue weighted by atomic mass is 16.5. The van der Waals surface area contributed by atoms with Crippen molar-refractivity contribution < 1.29 is 9.47 Å². The van der Waals surface area contributed by atoms with Crippen LogP contribution in [0, 0.1) is 0 Å². The third kappa shape index (κ3) is 3.15. The second-order valence-electron chi connectivity index (χ2n) is 4.87. The lowest BCUT2D eigenvalue weighted by molar-refractivity contribution is 0.0181. The molecule has 1 fully saturated rings. The molecule has 1 aliphatic rings. The van der Waals surface area contributed by atoms with Crippen LogP contribution in [0.15, 0.2) is 30.5 Å². The largest absolute Gasteiger partial charge is 0.379 e. The lowest BCUT2D eigenvalue weighted by Gasteiger charge is -2.26. The number of hydrogen-bond donors (Lipinski definition) is 1. The van der Waals surface area contributed by atoms with Gasteiger partial charge in [-0.3, -0.25) is 4.90 Å². The van der Waals surface area contributed by atoms with Crippen LogP contribution >= 0.6 is 0 Å². The van der Waals surface area contributed by atoms with Gasteiger partial charge < -0.3 is 14.5 Å². The molecule has 1 saturated heterocycles. The van der Waals surface area contributed by atoms with Gasteiger partial charge in [-0.2, -0.15) is 0 Å². The number of aromatic amines is 1. The number of nitrogens with zero attached hydrogens (tertiary/aromatic N) is 1. The van der Waals surface area contributed by atoms with Gasteiger partial charge in [0.05, 0.1) is 26.4 Å². The molecule has 0 amide bonds. The van der Waals surface area contributed by atoms with Gasteiger partial charge in [0.25, 0.3) is 0 Å². The Morgan fingerprint density at radius 2 is 2.05 bits per heavy atom. The zero-order valence-corrected chi connectivity index (χ0v) is 11.1. The van der Waals surface area contributed by atoms with Crippen LogP contribution in [0.1, 0.15) is 5.56 Å². The summed E-state index contributed by atoms with van der Waals surface area (Å²) in [6, 6.07) is 8.33. The number of morpholine rings is 1. The van der Waals surface area contributed by atoms with Crippen LogP contribution in [-0.4, -0.2) is 49.3 Å². The first-order chi connectivity index (χ1) is 9.43. The maximum atomic E-state index is 5.79. The van der Waals surface area contributed by atoms with E-state index in [2.05, 4.69) is 28.1 Å². The maximum Gasteiger partial charge on any atom is 0.0738 e. The molecule has 19 heavy (non-hydrogen) atoms. The van der Waals surface area contributed by atoms with Gasteiger partial charge in [0.1, 0.15) is 0 Å². The van der Waals surface area contributed by atoms with Crippen LogP contribution in [-0.2, 0) is 16.1 Å². The van der Waals surface area contributed by atoms with E-state index in [1.165, 1.54) is 16.5 Å². The Balaban J connectivity index is 1.47. The van der Waals surface area contributed by atoms with E-state index < -0.39 is 0 Å². The summed E-state index contributed by atoms with van der Waals surface area (Å²) < 4.78 is 11.1. The normalized spacial score (nSPS) is 17.1. The van der Waals surface area contributed by atoms with Gasteiger partial charge >= 0.3 is 0 Å². The molecular formula is C15H20N2O2. The van der Waals surface area contributed by atoms with Gasteiger partial charge in [-0.1, -0.05) is 18.2 Å². The average molecular weight is 260 g/mol. The van der Waals surface area contributed by atoms with Crippen LogP contribution in [0.2, 0.25) is 0 Å². The van der Waals surface area contributed by atoms with Gasteiger partial charge in [-0.05, 0) is 6.07 Å². The van der Waals surface area contributed by atoms with Crippen molar-refractivity contribution in [1.82, 2.24) is 9.88 Å². The molecule has 3 rings (SSSR count). The Hall–Kier alpha value is -1.36. The molecule has 1 aliphatic heterocycles. The van der Waals surface area contributed by atoms with E-state index in [-0.39, 0.29) is 0 Å². The fraction of sp³-hybridized carbons (Fsp3) is 0.467. The smallest absolute Gasteiger partial charge is 0.0738 e. The first kappa shape index (κ1) is 12.7. The SMILES string of the molecule is c1ccc2c(COCCN3CCOCC3)c[nH]c2c1. The summed E-state index contributed by atoms with van der Waals surface area (Å²) in [5, 5.41) is 1.26. The highest BCUT2D eigenvalue weighted by Crippen LogP contribution is 2.18. The number of hydrogen-bond acceptors (Lipinski definition) is 3. The molecule has 1 aromatic heterocycles. The molecule has 1 N–H and O–H groups in total. The number of benzene rings is 1. The lowest BCUT2D eigenvalue weighted by atomic mass is 10.2. The lowest BCUT2D eigenvalue weighted by Crippen LogP contribution is -2.38. The fourth-order valence-corrected chi connectivity index (χ4v) is 2.45. The van der Waals surface area contributed by atoms with Gasteiger partial charge in [-0.25, -0.2) is 0 Å². The van der Waals surface area contributed by atoms with Crippen molar-refractivity contribution in [2.45, 2.75) is 6.61 Å². The first-order valence-corrected chi connectivity index (χ1v) is 6.86. The molecule has 4 heteroatoms. The topological polar surface area (TPSA) is 37.5 Å². The van der Waals surface area contributed by atoms with E-state index in [0.717, 1.165) is 39.5 Å². The second-order valence-corrected chi connectivity index (χ2v) is 4.87. The van der Waals surface area contributed by atoms with E-state index in [9.17, 15) is 0 Å². The van der Waals surface area contributed by atoms with E-state index in [1.807, 2.05) is 12.3 Å². The molecule has 0 spiro atoms. The minimum atomic E-state index is 0.675. The molecule has 0 saturated carbocycles. The minimum Gasteiger partial charge on any atom is -0.379 e. The van der Waals surface area contributed by atoms with Crippen LogP contribution in [0.3, 0.4) is 0 Å². The van der Waals surface area contributed by atoms with Crippen molar-refractivity contribution in [2.75, 3.05) is 39.5 Å². The standard InChI is InChI=1S/C15H20N2O2/c1-2-4-15-14(3-1)13(11-16-15)12-19-10-7-17-5-8-18-9-6-17/h1-4,11,16H,5-10,12H2. The van der Waals surface area contributed by atoms with E-state index in [0.29, 0.717) is 6.61 Å². The first-order valence-electron chi connectivity index (χ1n) is 6.86. The molecule has 0 bridgehead atoms. The van der Waals surface area contributed by atoms with Crippen molar-refractivity contribution in [3.63, 3.8) is 0 Å². The van der Waals surface area contributed by atoms with Gasteiger partial charge in [-0.15, -0.1) is 0 Å². The van der Waals surface area contributed by atoms with Crippen LogP contribution in [0.5, 0.6) is 0 Å². The zero-order chi connectivity index (χ0) is 12.9. The molecule has 1 aromatic carbocycles. The zero-order valence-electron chi connectivity index (χ0n) is 11.1. The molecule has 2 aromatic rings. The fourth-order valence-electron chi connectivity index (χ4n) is 2.45. The summed E-state index contributed by atoms with van der Waals surface area (Å²) in [6.45, 7) is 6.19. The maximum absolute atomic E-state index is 5.79. The Labute approximate surface area is 113 Å². The number of H-pyrrole nitrogens is 1. The summed E-state index contributed by atoms with van der Waals surface area (Å²) >= 11 is 0. The second kappa shape index (κ2) is 6.19. The molecule has 4 nitrogen and oxygen atoms in total. The minimum absolute atomic E-state index is 0.675. The molecule has 0 unspecified atom stereocenters. The van der Waals surface area contributed by atoms with Gasteiger partial charge in [0.15, 0.2) is 0 Å². The van der Waals surface area contributed by atoms with E-state index in [4.69, 9.17) is 9.47 Å². The summed E-state index contributed by atoms with van der Waals surface area (Å²) in [5.74, 6) is 0. The molecule has 0 atom stereocenters. The third-order valence-electron chi connectivity index (χ3n) is 3.59. The van der Waals surface area contributed by atoms with Crippen LogP contribution in [0.4, 0.5) is 0 Å². The summed E-state index contributed by atoms with van der Waals surface area (Å²) in [7, 11) is 0. The predicted octanol–water partition coefficient (Wildman–Crippen LogP) is 2.02. The highest BCUT2D eigenvalue weighted by molar-refractivity contribution is 5.82. The molecular weight excluding hydrogens is 240 g/mol. The number of para-hydroxylation sites is 1. The van der Waals surface area contributed by atoms with Gasteiger partial charge in [0, 0.05) is 42.3 Å². The number of fused-ring (bicyclic) bond motifs is 1. The van der Waals surface area contributed by atoms with Gasteiger partial charge in [0.2, 0.25) is 0 Å². The number of aromatic nitrogens is 1. The van der Waals surface area contributed by atoms with Crippen molar-refractivity contribution in [2.24, 2.45) is 0 Å². The Morgan fingerprint density at radius 1 is 1.21 bits per heavy atom. The summed E-state index contributed by atoms with van der Waals surface area (Å²) in [6.07, 6.45) is 2.04. The van der Waals surface area contributed by atoms with E-state index in [1.54, 1.807) is 0 Å². The molecule has 102 valence electrons. The van der Waals surface area contributed by atoms with E-state index >= 15 is 0 Å². The van der Waals surface area contributed by atoms with Crippen LogP contribution in [0.25, 0.3) is 10.9 Å². The monoisotopic (exact) mass is 260 g/mol. The van der Waals surface area contributed by atoms with Crippen molar-refractivity contribution in [1.29, 1.82) is 0 Å². The quantitative estimate of drug-likeness (QED) is 0.836. The van der Waals surface area contributed by atoms with Crippen LogP contribution < -0.4 is 0 Å². The van der Waals surface area contributed by atoms with Crippen molar-refractivity contribution in [3.8, 4) is 0 Å². The third-order valence-corrected chi connectivity index (χ3v) is 3.59. The molecule has 2 heterocycles. The Bertz CT molecular complexity index is 518. The molecule has 0 radical (unpaired) electrons. The molecule has 0 aliphatic carbocycles. The Kier molecular flexibility index (Phi) is 4.13. The predicted molar refractivity (Wildman–Crippen MR) is 75.2 cm³/mol. The number of nitrogens with one attached hydrogen (secondary N) is 1. The van der Waals surface area contributed by atoms with Crippen molar-refractivity contribution >= 4 is 10.9 Å². The number of ether oxygens (including phenoxy) is 2. The highest BCUT2D eigenvalue weighted by Gasteiger charge is 2.09. The summed E-state index contributed by atoms with van der Waals surface area (Å²) in [4.78, 5) is 5.66. The Morgan fingerprint density at radius 3 is 2.95 bits per heavy atom. The average Bonchev–Trinajstić information content (AvgIpc) is 2.88.